The maximum Gasteiger partial charge on any atom is 0.407 e. The Morgan fingerprint density at radius 3 is 2.30 bits per heavy atom. The van der Waals surface area contributed by atoms with Crippen molar-refractivity contribution >= 4 is 12.1 Å². The van der Waals surface area contributed by atoms with Crippen molar-refractivity contribution in [1.82, 2.24) is 16.0 Å². The molecule has 0 atom stereocenters. The first-order valence-corrected chi connectivity index (χ1v) is 7.32. The highest BCUT2D eigenvalue weighted by Crippen LogP contribution is 2.31. The zero-order valence-electron chi connectivity index (χ0n) is 13.1. The molecule has 6 heteroatoms. The molecule has 1 amide bonds. The van der Waals surface area contributed by atoms with Gasteiger partial charge in [0, 0.05) is 26.7 Å². The molecule has 1 saturated carbocycles. The quantitative estimate of drug-likeness (QED) is 0.392. The summed E-state index contributed by atoms with van der Waals surface area (Å²) >= 11 is 0. The summed E-state index contributed by atoms with van der Waals surface area (Å²) in [6, 6.07) is 0. The van der Waals surface area contributed by atoms with E-state index < -0.39 is 11.7 Å². The molecule has 0 aliphatic heterocycles. The molecule has 116 valence electrons. The summed E-state index contributed by atoms with van der Waals surface area (Å²) in [5.74, 6) is 1.69. The number of carbonyl (C=O) groups excluding carboxylic acids is 1. The molecule has 1 aliphatic carbocycles. The van der Waals surface area contributed by atoms with Crippen LogP contribution in [0.4, 0.5) is 4.79 Å². The molecule has 0 bridgehead atoms. The van der Waals surface area contributed by atoms with Crippen LogP contribution in [-0.4, -0.2) is 44.3 Å². The Hall–Kier alpha value is -1.46. The summed E-state index contributed by atoms with van der Waals surface area (Å²) in [7, 11) is 1.74. The molecule has 1 aliphatic rings. The molecule has 1 rings (SSSR count). The van der Waals surface area contributed by atoms with Crippen molar-refractivity contribution in [2.75, 3.05) is 26.7 Å². The van der Waals surface area contributed by atoms with Gasteiger partial charge in [-0.05, 0) is 33.1 Å². The third-order valence-corrected chi connectivity index (χ3v) is 2.85. The summed E-state index contributed by atoms with van der Waals surface area (Å²) in [5, 5.41) is 9.11. The van der Waals surface area contributed by atoms with Gasteiger partial charge in [-0.15, -0.1) is 0 Å². The SMILES string of the molecule is CN=C(NCCNC(=O)OC(C)(C)C)NCCC1CC1. The molecule has 0 heterocycles. The summed E-state index contributed by atoms with van der Waals surface area (Å²) in [4.78, 5) is 15.6. The molecule has 1 fully saturated rings. The Bertz CT molecular complexity index is 333. The van der Waals surface area contributed by atoms with Crippen molar-refractivity contribution in [1.29, 1.82) is 0 Å². The number of aliphatic imine (C=N–C) groups is 1. The van der Waals surface area contributed by atoms with Crippen LogP contribution < -0.4 is 16.0 Å². The second kappa shape index (κ2) is 7.97. The zero-order chi connectivity index (χ0) is 15.0. The molecular formula is C14H28N4O2. The van der Waals surface area contributed by atoms with Gasteiger partial charge in [0.2, 0.25) is 0 Å². The Morgan fingerprint density at radius 2 is 1.75 bits per heavy atom. The first-order valence-electron chi connectivity index (χ1n) is 7.32. The van der Waals surface area contributed by atoms with Crippen molar-refractivity contribution in [2.45, 2.75) is 45.6 Å². The maximum absolute atomic E-state index is 11.4. The number of ether oxygens (including phenoxy) is 1. The smallest absolute Gasteiger partial charge is 0.407 e. The monoisotopic (exact) mass is 284 g/mol. The highest BCUT2D eigenvalue weighted by Gasteiger charge is 2.20. The highest BCUT2D eigenvalue weighted by molar-refractivity contribution is 5.79. The van der Waals surface area contributed by atoms with Gasteiger partial charge >= 0.3 is 6.09 Å². The van der Waals surface area contributed by atoms with Gasteiger partial charge in [0.1, 0.15) is 5.60 Å². The van der Waals surface area contributed by atoms with Gasteiger partial charge in [-0.3, -0.25) is 4.99 Å². The fraction of sp³-hybridized carbons (Fsp3) is 0.857. The van der Waals surface area contributed by atoms with E-state index in [4.69, 9.17) is 4.74 Å². The van der Waals surface area contributed by atoms with Crippen molar-refractivity contribution in [2.24, 2.45) is 10.9 Å². The number of nitrogens with zero attached hydrogens (tertiary/aromatic N) is 1. The van der Waals surface area contributed by atoms with E-state index in [0.717, 1.165) is 18.4 Å². The van der Waals surface area contributed by atoms with E-state index >= 15 is 0 Å². The molecule has 20 heavy (non-hydrogen) atoms. The van der Waals surface area contributed by atoms with Crippen LogP contribution in [0.2, 0.25) is 0 Å². The topological polar surface area (TPSA) is 74.8 Å². The van der Waals surface area contributed by atoms with E-state index in [2.05, 4.69) is 20.9 Å². The van der Waals surface area contributed by atoms with Gasteiger partial charge in [0.25, 0.3) is 0 Å². The molecule has 0 aromatic carbocycles. The van der Waals surface area contributed by atoms with Gasteiger partial charge in [0.15, 0.2) is 5.96 Å². The largest absolute Gasteiger partial charge is 0.444 e. The number of carbonyl (C=O) groups is 1. The number of hydrogen-bond acceptors (Lipinski definition) is 3. The molecule has 6 nitrogen and oxygen atoms in total. The molecule has 0 aromatic heterocycles. The normalized spacial score (nSPS) is 15.7. The Labute approximate surface area is 121 Å². The van der Waals surface area contributed by atoms with Gasteiger partial charge < -0.3 is 20.7 Å². The molecular weight excluding hydrogens is 256 g/mol. The molecule has 0 radical (unpaired) electrons. The second-order valence-electron chi connectivity index (χ2n) is 6.09. The molecule has 0 aromatic rings. The Morgan fingerprint density at radius 1 is 1.15 bits per heavy atom. The van der Waals surface area contributed by atoms with Gasteiger partial charge in [-0.25, -0.2) is 4.79 Å². The third kappa shape index (κ3) is 8.61. The summed E-state index contributed by atoms with van der Waals surface area (Å²) in [6.45, 7) is 7.59. The highest BCUT2D eigenvalue weighted by atomic mass is 16.6. The van der Waals surface area contributed by atoms with E-state index in [9.17, 15) is 4.79 Å². The van der Waals surface area contributed by atoms with Crippen molar-refractivity contribution < 1.29 is 9.53 Å². The standard InChI is InChI=1S/C14H28N4O2/c1-14(2,3)20-13(19)18-10-9-17-12(15-4)16-8-7-11-5-6-11/h11H,5-10H2,1-4H3,(H,18,19)(H2,15,16,17). The van der Waals surface area contributed by atoms with Crippen molar-refractivity contribution in [3.05, 3.63) is 0 Å². The van der Waals surface area contributed by atoms with Crippen LogP contribution >= 0.6 is 0 Å². The lowest BCUT2D eigenvalue weighted by Gasteiger charge is -2.19. The third-order valence-electron chi connectivity index (χ3n) is 2.85. The lowest BCUT2D eigenvalue weighted by atomic mass is 10.2. The second-order valence-corrected chi connectivity index (χ2v) is 6.09. The predicted octanol–water partition coefficient (Wildman–Crippen LogP) is 1.48. The maximum atomic E-state index is 11.4. The summed E-state index contributed by atoms with van der Waals surface area (Å²) in [5.41, 5.74) is -0.460. The van der Waals surface area contributed by atoms with E-state index in [1.807, 2.05) is 20.8 Å². The Balaban J connectivity index is 2.04. The average molecular weight is 284 g/mol. The first kappa shape index (κ1) is 16.6. The molecule has 0 saturated heterocycles. The Kier molecular flexibility index (Phi) is 6.61. The van der Waals surface area contributed by atoms with Gasteiger partial charge in [0.05, 0.1) is 0 Å². The zero-order valence-corrected chi connectivity index (χ0v) is 13.1. The minimum absolute atomic E-state index is 0.393. The van der Waals surface area contributed by atoms with Crippen LogP contribution in [0.5, 0.6) is 0 Å². The van der Waals surface area contributed by atoms with Crippen LogP contribution in [0, 0.1) is 5.92 Å². The van der Waals surface area contributed by atoms with Crippen LogP contribution in [-0.2, 0) is 4.74 Å². The molecule has 0 unspecified atom stereocenters. The van der Waals surface area contributed by atoms with Gasteiger partial charge in [-0.2, -0.15) is 0 Å². The van der Waals surface area contributed by atoms with E-state index in [1.165, 1.54) is 19.3 Å². The fourth-order valence-corrected chi connectivity index (χ4v) is 1.68. The number of guanidine groups is 1. The first-order chi connectivity index (χ1) is 9.40. The lowest BCUT2D eigenvalue weighted by Crippen LogP contribution is -2.42. The van der Waals surface area contributed by atoms with Crippen LogP contribution in [0.1, 0.15) is 40.0 Å². The van der Waals surface area contributed by atoms with Crippen LogP contribution in [0.15, 0.2) is 4.99 Å². The summed E-state index contributed by atoms with van der Waals surface area (Å²) < 4.78 is 5.15. The van der Waals surface area contributed by atoms with Crippen molar-refractivity contribution in [3.8, 4) is 0 Å². The molecule has 3 N–H and O–H groups in total. The van der Waals surface area contributed by atoms with Gasteiger partial charge in [-0.1, -0.05) is 12.8 Å². The number of alkyl carbamates (subject to hydrolysis) is 1. The predicted molar refractivity (Wildman–Crippen MR) is 80.9 cm³/mol. The van der Waals surface area contributed by atoms with E-state index in [0.29, 0.717) is 13.1 Å². The number of amides is 1. The van der Waals surface area contributed by atoms with E-state index in [1.54, 1.807) is 7.05 Å². The molecule has 0 spiro atoms. The lowest BCUT2D eigenvalue weighted by molar-refractivity contribution is 0.0529. The number of nitrogens with one attached hydrogen (secondary N) is 3. The van der Waals surface area contributed by atoms with Crippen LogP contribution in [0.3, 0.4) is 0 Å². The summed E-state index contributed by atoms with van der Waals surface area (Å²) in [6.07, 6.45) is 3.55. The van der Waals surface area contributed by atoms with Crippen LogP contribution in [0.25, 0.3) is 0 Å². The minimum atomic E-state index is -0.460. The average Bonchev–Trinajstić information content (AvgIpc) is 3.14. The minimum Gasteiger partial charge on any atom is -0.444 e. The van der Waals surface area contributed by atoms with E-state index in [-0.39, 0.29) is 0 Å². The number of rotatable bonds is 6. The fourth-order valence-electron chi connectivity index (χ4n) is 1.68. The van der Waals surface area contributed by atoms with Crippen molar-refractivity contribution in [3.63, 3.8) is 0 Å². The number of hydrogen-bond donors (Lipinski definition) is 3.